The summed E-state index contributed by atoms with van der Waals surface area (Å²) < 4.78 is 7.40. The molecule has 102 valence electrons. The fourth-order valence-corrected chi connectivity index (χ4v) is 2.42. The largest absolute Gasteiger partial charge is 0.496 e. The first-order valence-corrected chi connectivity index (χ1v) is 6.76. The molecule has 0 atom stereocenters. The van der Waals surface area contributed by atoms with E-state index in [-0.39, 0.29) is 0 Å². The van der Waals surface area contributed by atoms with Crippen molar-refractivity contribution in [2.24, 2.45) is 0 Å². The number of imidazole rings is 1. The maximum Gasteiger partial charge on any atom is 0.137 e. The first kappa shape index (κ1) is 13.0. The van der Waals surface area contributed by atoms with Gasteiger partial charge in [-0.15, -0.1) is 0 Å². The van der Waals surface area contributed by atoms with Gasteiger partial charge in [0, 0.05) is 18.0 Å². The lowest BCUT2D eigenvalue weighted by Crippen LogP contribution is -1.91. The number of hydrogen-bond donors (Lipinski definition) is 0. The molecule has 1 aromatic carbocycles. The van der Waals surface area contributed by atoms with Crippen molar-refractivity contribution in [3.8, 4) is 17.0 Å². The first-order valence-electron chi connectivity index (χ1n) is 6.38. The van der Waals surface area contributed by atoms with Crippen LogP contribution in [0.1, 0.15) is 11.1 Å². The van der Waals surface area contributed by atoms with Gasteiger partial charge in [-0.2, -0.15) is 0 Å². The number of pyridine rings is 1. The minimum atomic E-state index is 0.688. The number of hydrogen-bond acceptors (Lipinski definition) is 2. The van der Waals surface area contributed by atoms with Gasteiger partial charge in [-0.3, -0.25) is 0 Å². The van der Waals surface area contributed by atoms with Crippen molar-refractivity contribution in [2.75, 3.05) is 7.11 Å². The van der Waals surface area contributed by atoms with Crippen LogP contribution < -0.4 is 4.74 Å². The lowest BCUT2D eigenvalue weighted by molar-refractivity contribution is 0.416. The standard InChI is InChI=1S/C16H15ClN2O/c1-10-6-13(15(20-3)7-11(10)2)14-9-19-8-12(17)4-5-16(19)18-14/h4-9H,1-3H3. The fraction of sp³-hybridized carbons (Fsp3) is 0.188. The topological polar surface area (TPSA) is 26.5 Å². The lowest BCUT2D eigenvalue weighted by atomic mass is 10.0. The molecule has 0 radical (unpaired) electrons. The molecule has 2 heterocycles. The second-order valence-corrected chi connectivity index (χ2v) is 5.31. The number of aromatic nitrogens is 2. The second kappa shape index (κ2) is 4.84. The van der Waals surface area contributed by atoms with Crippen molar-refractivity contribution in [2.45, 2.75) is 13.8 Å². The van der Waals surface area contributed by atoms with Crippen LogP contribution in [0.15, 0.2) is 36.7 Å². The van der Waals surface area contributed by atoms with Gasteiger partial charge >= 0.3 is 0 Å². The van der Waals surface area contributed by atoms with Gasteiger partial charge in [-0.05, 0) is 49.2 Å². The van der Waals surface area contributed by atoms with E-state index in [1.54, 1.807) is 7.11 Å². The van der Waals surface area contributed by atoms with E-state index in [9.17, 15) is 0 Å². The molecule has 0 bridgehead atoms. The monoisotopic (exact) mass is 286 g/mol. The van der Waals surface area contributed by atoms with Crippen LogP contribution in [0.3, 0.4) is 0 Å². The highest BCUT2D eigenvalue weighted by molar-refractivity contribution is 6.30. The number of rotatable bonds is 2. The van der Waals surface area contributed by atoms with Gasteiger partial charge in [0.25, 0.3) is 0 Å². The molecule has 0 fully saturated rings. The van der Waals surface area contributed by atoms with Crippen LogP contribution in [-0.2, 0) is 0 Å². The number of nitrogens with zero attached hydrogens (tertiary/aromatic N) is 2. The van der Waals surface area contributed by atoms with Crippen molar-refractivity contribution < 1.29 is 4.74 Å². The molecule has 0 aliphatic heterocycles. The van der Waals surface area contributed by atoms with Gasteiger partial charge in [-0.1, -0.05) is 11.6 Å². The summed E-state index contributed by atoms with van der Waals surface area (Å²) in [5.41, 5.74) is 5.17. The molecular weight excluding hydrogens is 272 g/mol. The average Bonchev–Trinajstić information content (AvgIpc) is 2.84. The molecule has 0 amide bonds. The molecule has 0 saturated heterocycles. The van der Waals surface area contributed by atoms with Crippen molar-refractivity contribution in [3.05, 3.63) is 52.8 Å². The molecule has 3 aromatic rings. The maximum atomic E-state index is 6.01. The van der Waals surface area contributed by atoms with Crippen molar-refractivity contribution >= 4 is 17.2 Å². The molecule has 0 unspecified atom stereocenters. The molecule has 3 nitrogen and oxygen atoms in total. The minimum Gasteiger partial charge on any atom is -0.496 e. The third-order valence-electron chi connectivity index (χ3n) is 3.51. The van der Waals surface area contributed by atoms with Crippen molar-refractivity contribution in [1.29, 1.82) is 0 Å². The summed E-state index contributed by atoms with van der Waals surface area (Å²) in [7, 11) is 1.68. The quantitative estimate of drug-likeness (QED) is 0.703. The summed E-state index contributed by atoms with van der Waals surface area (Å²) >= 11 is 6.01. The highest BCUT2D eigenvalue weighted by atomic mass is 35.5. The summed E-state index contributed by atoms with van der Waals surface area (Å²) in [6.45, 7) is 4.16. The van der Waals surface area contributed by atoms with Crippen LogP contribution >= 0.6 is 11.6 Å². The highest BCUT2D eigenvalue weighted by Crippen LogP contribution is 2.32. The van der Waals surface area contributed by atoms with Crippen LogP contribution in [0, 0.1) is 13.8 Å². The Morgan fingerprint density at radius 3 is 2.60 bits per heavy atom. The van der Waals surface area contributed by atoms with E-state index in [2.05, 4.69) is 24.9 Å². The zero-order valence-corrected chi connectivity index (χ0v) is 12.4. The van der Waals surface area contributed by atoms with Gasteiger partial charge in [0.15, 0.2) is 0 Å². The fourth-order valence-electron chi connectivity index (χ4n) is 2.25. The Labute approximate surface area is 122 Å². The third-order valence-corrected chi connectivity index (χ3v) is 3.73. The molecular formula is C16H15ClN2O. The highest BCUT2D eigenvalue weighted by Gasteiger charge is 2.12. The maximum absolute atomic E-state index is 6.01. The molecule has 0 saturated carbocycles. The van der Waals surface area contributed by atoms with Gasteiger partial charge in [-0.25, -0.2) is 4.98 Å². The molecule has 0 spiro atoms. The van der Waals surface area contributed by atoms with Crippen LogP contribution in [0.4, 0.5) is 0 Å². The van der Waals surface area contributed by atoms with Gasteiger partial charge in [0.1, 0.15) is 11.4 Å². The predicted octanol–water partition coefficient (Wildman–Crippen LogP) is 4.28. The zero-order valence-electron chi connectivity index (χ0n) is 11.6. The Bertz CT molecular complexity index is 793. The number of fused-ring (bicyclic) bond motifs is 1. The minimum absolute atomic E-state index is 0.688. The number of benzene rings is 1. The van der Waals surface area contributed by atoms with Gasteiger partial charge < -0.3 is 9.14 Å². The van der Waals surface area contributed by atoms with Crippen molar-refractivity contribution in [3.63, 3.8) is 0 Å². The summed E-state index contributed by atoms with van der Waals surface area (Å²) in [6, 6.07) is 7.89. The van der Waals surface area contributed by atoms with E-state index in [4.69, 9.17) is 16.3 Å². The van der Waals surface area contributed by atoms with Crippen LogP contribution in [0.5, 0.6) is 5.75 Å². The molecule has 0 aliphatic rings. The Hall–Kier alpha value is -2.00. The van der Waals surface area contributed by atoms with E-state index < -0.39 is 0 Å². The van der Waals surface area contributed by atoms with E-state index in [0.717, 1.165) is 22.7 Å². The van der Waals surface area contributed by atoms with Crippen LogP contribution in [0.25, 0.3) is 16.9 Å². The molecule has 0 aliphatic carbocycles. The first-order chi connectivity index (χ1) is 9.58. The van der Waals surface area contributed by atoms with E-state index in [0.29, 0.717) is 5.02 Å². The predicted molar refractivity (Wildman–Crippen MR) is 81.7 cm³/mol. The van der Waals surface area contributed by atoms with Gasteiger partial charge in [0.2, 0.25) is 0 Å². The number of aryl methyl sites for hydroxylation is 2. The normalized spacial score (nSPS) is 11.0. The zero-order chi connectivity index (χ0) is 14.3. The van der Waals surface area contributed by atoms with Crippen LogP contribution in [0.2, 0.25) is 5.02 Å². The molecule has 0 N–H and O–H groups in total. The van der Waals surface area contributed by atoms with E-state index >= 15 is 0 Å². The van der Waals surface area contributed by atoms with Crippen molar-refractivity contribution in [1.82, 2.24) is 9.38 Å². The Balaban J connectivity index is 2.22. The molecule has 20 heavy (non-hydrogen) atoms. The van der Waals surface area contributed by atoms with E-state index in [1.165, 1.54) is 11.1 Å². The lowest BCUT2D eigenvalue weighted by Gasteiger charge is -2.09. The van der Waals surface area contributed by atoms with Gasteiger partial charge in [0.05, 0.1) is 17.8 Å². The molecule has 2 aromatic heterocycles. The van der Waals surface area contributed by atoms with E-state index in [1.807, 2.05) is 35.0 Å². The Morgan fingerprint density at radius 2 is 1.85 bits per heavy atom. The number of methoxy groups -OCH3 is 1. The Kier molecular flexibility index (Phi) is 3.14. The summed E-state index contributed by atoms with van der Waals surface area (Å²) in [5, 5.41) is 0.688. The number of halogens is 1. The smallest absolute Gasteiger partial charge is 0.137 e. The summed E-state index contributed by atoms with van der Waals surface area (Å²) in [4.78, 5) is 4.63. The number of ether oxygens (including phenoxy) is 1. The van der Waals surface area contributed by atoms with Crippen LogP contribution in [-0.4, -0.2) is 16.5 Å². The SMILES string of the molecule is COc1cc(C)c(C)cc1-c1cn2cc(Cl)ccc2n1. The third kappa shape index (κ3) is 2.14. The average molecular weight is 287 g/mol. The molecule has 3 rings (SSSR count). The molecule has 4 heteroatoms. The second-order valence-electron chi connectivity index (χ2n) is 4.88. The summed E-state index contributed by atoms with van der Waals surface area (Å²) in [5.74, 6) is 0.836. The summed E-state index contributed by atoms with van der Waals surface area (Å²) in [6.07, 6.45) is 3.81. The Morgan fingerprint density at radius 1 is 1.10 bits per heavy atom.